The van der Waals surface area contributed by atoms with Crippen LogP contribution in [0.4, 0.5) is 0 Å². The summed E-state index contributed by atoms with van der Waals surface area (Å²) in [5.74, 6) is -0.350. The van der Waals surface area contributed by atoms with Crippen molar-refractivity contribution in [1.82, 2.24) is 5.32 Å². The molecule has 0 fully saturated rings. The fourth-order valence-corrected chi connectivity index (χ4v) is 1.45. The maximum atomic E-state index is 11.9. The van der Waals surface area contributed by atoms with Gasteiger partial charge >= 0.3 is 0 Å². The number of carbonyl (C=O) groups excluding carboxylic acids is 1. The number of benzene rings is 1. The predicted molar refractivity (Wildman–Crippen MR) is 66.9 cm³/mol. The third kappa shape index (κ3) is 4.10. The molecule has 0 saturated heterocycles. The lowest BCUT2D eigenvalue weighted by Crippen LogP contribution is -2.44. The predicted octanol–water partition coefficient (Wildman–Crippen LogP) is 0.234. The Labute approximate surface area is 106 Å². The van der Waals surface area contributed by atoms with Crippen LogP contribution in [0.3, 0.4) is 0 Å². The molecule has 3 N–H and O–H groups in total. The SMILES string of the molecule is COC(C(=O)NCC(C)(O)CO)c1ccccc1. The maximum absolute atomic E-state index is 11.9. The van der Waals surface area contributed by atoms with E-state index in [-0.39, 0.29) is 12.5 Å². The number of hydrogen-bond donors (Lipinski definition) is 3. The number of rotatable bonds is 6. The summed E-state index contributed by atoms with van der Waals surface area (Å²) in [6.45, 7) is 0.989. The van der Waals surface area contributed by atoms with Gasteiger partial charge in [0, 0.05) is 13.7 Å². The Morgan fingerprint density at radius 2 is 2.06 bits per heavy atom. The average molecular weight is 253 g/mol. The van der Waals surface area contributed by atoms with Gasteiger partial charge in [-0.1, -0.05) is 30.3 Å². The van der Waals surface area contributed by atoms with Gasteiger partial charge in [-0.3, -0.25) is 4.79 Å². The van der Waals surface area contributed by atoms with Crippen LogP contribution in [-0.4, -0.2) is 42.0 Å². The zero-order chi connectivity index (χ0) is 13.6. The summed E-state index contributed by atoms with van der Waals surface area (Å²) in [6, 6.07) is 9.07. The second-order valence-electron chi connectivity index (χ2n) is 4.40. The smallest absolute Gasteiger partial charge is 0.253 e. The molecular weight excluding hydrogens is 234 g/mol. The molecule has 1 aromatic rings. The summed E-state index contributed by atoms with van der Waals surface area (Å²) < 4.78 is 5.14. The molecule has 2 atom stereocenters. The normalized spacial score (nSPS) is 15.8. The number of carbonyl (C=O) groups is 1. The molecule has 0 spiro atoms. The molecular formula is C13H19NO4. The molecule has 5 nitrogen and oxygen atoms in total. The summed E-state index contributed by atoms with van der Waals surface area (Å²) in [6.07, 6.45) is -0.722. The van der Waals surface area contributed by atoms with Gasteiger partial charge in [-0.25, -0.2) is 0 Å². The van der Waals surface area contributed by atoms with Crippen molar-refractivity contribution in [3.8, 4) is 0 Å². The molecule has 5 heteroatoms. The van der Waals surface area contributed by atoms with Crippen LogP contribution in [0, 0.1) is 0 Å². The second kappa shape index (κ2) is 6.49. The number of nitrogens with one attached hydrogen (secondary N) is 1. The molecule has 0 radical (unpaired) electrons. The van der Waals surface area contributed by atoms with E-state index in [0.717, 1.165) is 5.56 Å². The van der Waals surface area contributed by atoms with Crippen molar-refractivity contribution < 1.29 is 19.7 Å². The fourth-order valence-electron chi connectivity index (χ4n) is 1.45. The average Bonchev–Trinajstić information content (AvgIpc) is 2.39. The van der Waals surface area contributed by atoms with Crippen molar-refractivity contribution in [3.63, 3.8) is 0 Å². The number of ether oxygens (including phenoxy) is 1. The molecule has 0 aliphatic heterocycles. The first kappa shape index (κ1) is 14.6. The third-order valence-electron chi connectivity index (χ3n) is 2.56. The van der Waals surface area contributed by atoms with E-state index in [0.29, 0.717) is 0 Å². The van der Waals surface area contributed by atoms with Crippen LogP contribution in [0.1, 0.15) is 18.6 Å². The van der Waals surface area contributed by atoms with Crippen LogP contribution < -0.4 is 5.32 Å². The zero-order valence-corrected chi connectivity index (χ0v) is 10.6. The summed E-state index contributed by atoms with van der Waals surface area (Å²) in [5, 5.41) is 21.0. The Bertz CT molecular complexity index is 378. The van der Waals surface area contributed by atoms with E-state index in [2.05, 4.69) is 5.32 Å². The topological polar surface area (TPSA) is 78.8 Å². The van der Waals surface area contributed by atoms with Crippen molar-refractivity contribution in [2.75, 3.05) is 20.3 Å². The number of aliphatic hydroxyl groups is 2. The number of aliphatic hydroxyl groups excluding tert-OH is 1. The van der Waals surface area contributed by atoms with Crippen molar-refractivity contribution >= 4 is 5.91 Å². The van der Waals surface area contributed by atoms with E-state index in [1.54, 1.807) is 12.1 Å². The Balaban J connectivity index is 2.64. The van der Waals surface area contributed by atoms with Crippen molar-refractivity contribution in [2.24, 2.45) is 0 Å². The van der Waals surface area contributed by atoms with Crippen molar-refractivity contribution in [2.45, 2.75) is 18.6 Å². The van der Waals surface area contributed by atoms with Crippen molar-refractivity contribution in [1.29, 1.82) is 0 Å². The number of methoxy groups -OCH3 is 1. The van der Waals surface area contributed by atoms with E-state index in [9.17, 15) is 9.90 Å². The Morgan fingerprint density at radius 1 is 1.44 bits per heavy atom. The molecule has 0 aromatic heterocycles. The van der Waals surface area contributed by atoms with Crippen molar-refractivity contribution in [3.05, 3.63) is 35.9 Å². The molecule has 0 heterocycles. The largest absolute Gasteiger partial charge is 0.393 e. The van der Waals surface area contributed by atoms with Gasteiger partial charge in [-0.05, 0) is 12.5 Å². The lowest BCUT2D eigenvalue weighted by Gasteiger charge is -2.22. The Hall–Kier alpha value is -1.43. The highest BCUT2D eigenvalue weighted by Crippen LogP contribution is 2.16. The second-order valence-corrected chi connectivity index (χ2v) is 4.40. The minimum atomic E-state index is -1.33. The van der Waals surface area contributed by atoms with E-state index >= 15 is 0 Å². The van der Waals surface area contributed by atoms with Gasteiger partial charge in [0.05, 0.1) is 6.61 Å². The van der Waals surface area contributed by atoms with Gasteiger partial charge in [0.25, 0.3) is 5.91 Å². The van der Waals surface area contributed by atoms with Gasteiger partial charge in [-0.2, -0.15) is 0 Å². The third-order valence-corrected chi connectivity index (χ3v) is 2.56. The molecule has 0 aliphatic rings. The standard InChI is InChI=1S/C13H19NO4/c1-13(17,9-15)8-14-12(16)11(18-2)10-6-4-3-5-7-10/h3-7,11,15,17H,8-9H2,1-2H3,(H,14,16). The molecule has 1 aromatic carbocycles. The minimum Gasteiger partial charge on any atom is -0.393 e. The van der Waals surface area contributed by atoms with Gasteiger partial charge < -0.3 is 20.3 Å². The summed E-state index contributed by atoms with van der Waals surface area (Å²) in [7, 11) is 1.45. The van der Waals surface area contributed by atoms with Crippen LogP contribution in [0.2, 0.25) is 0 Å². The number of amides is 1. The fraction of sp³-hybridized carbons (Fsp3) is 0.462. The lowest BCUT2D eigenvalue weighted by atomic mass is 10.1. The summed E-state index contributed by atoms with van der Waals surface area (Å²) >= 11 is 0. The van der Waals surface area contributed by atoms with Gasteiger partial charge in [0.2, 0.25) is 0 Å². The van der Waals surface area contributed by atoms with E-state index < -0.39 is 18.3 Å². The molecule has 0 saturated carbocycles. The van der Waals surface area contributed by atoms with E-state index in [1.807, 2.05) is 18.2 Å². The first-order valence-corrected chi connectivity index (χ1v) is 5.69. The molecule has 0 aliphatic carbocycles. The first-order chi connectivity index (χ1) is 8.50. The first-order valence-electron chi connectivity index (χ1n) is 5.69. The van der Waals surface area contributed by atoms with Gasteiger partial charge in [-0.15, -0.1) is 0 Å². The monoisotopic (exact) mass is 253 g/mol. The molecule has 2 unspecified atom stereocenters. The van der Waals surface area contributed by atoms with Crippen LogP contribution in [0.5, 0.6) is 0 Å². The highest BCUT2D eigenvalue weighted by Gasteiger charge is 2.24. The van der Waals surface area contributed by atoms with Crippen LogP contribution in [0.15, 0.2) is 30.3 Å². The van der Waals surface area contributed by atoms with Crippen LogP contribution in [-0.2, 0) is 9.53 Å². The molecule has 18 heavy (non-hydrogen) atoms. The lowest BCUT2D eigenvalue weighted by molar-refractivity contribution is -0.132. The summed E-state index contributed by atoms with van der Waals surface area (Å²) in [5.41, 5.74) is -0.592. The minimum absolute atomic E-state index is 0.0327. The zero-order valence-electron chi connectivity index (χ0n) is 10.6. The molecule has 100 valence electrons. The van der Waals surface area contributed by atoms with E-state index in [1.165, 1.54) is 14.0 Å². The molecule has 0 bridgehead atoms. The Morgan fingerprint density at radius 3 is 2.56 bits per heavy atom. The maximum Gasteiger partial charge on any atom is 0.253 e. The highest BCUT2D eigenvalue weighted by atomic mass is 16.5. The molecule has 1 rings (SSSR count). The Kier molecular flexibility index (Phi) is 5.27. The number of hydrogen-bond acceptors (Lipinski definition) is 4. The van der Waals surface area contributed by atoms with Gasteiger partial charge in [0.15, 0.2) is 6.10 Å². The molecule has 1 amide bonds. The van der Waals surface area contributed by atoms with E-state index in [4.69, 9.17) is 9.84 Å². The quantitative estimate of drug-likeness (QED) is 0.678. The van der Waals surface area contributed by atoms with Crippen LogP contribution in [0.25, 0.3) is 0 Å². The summed E-state index contributed by atoms with van der Waals surface area (Å²) in [4.78, 5) is 11.9. The van der Waals surface area contributed by atoms with Crippen LogP contribution >= 0.6 is 0 Å². The van der Waals surface area contributed by atoms with Gasteiger partial charge in [0.1, 0.15) is 5.60 Å². The highest BCUT2D eigenvalue weighted by molar-refractivity contribution is 5.82.